The number of Topliss-reactive ketones (excluding diaryl/α,β-unsaturated/α-hetero) is 1. The van der Waals surface area contributed by atoms with E-state index in [2.05, 4.69) is 0 Å². The molecule has 0 fully saturated rings. The van der Waals surface area contributed by atoms with Crippen LogP contribution in [0.5, 0.6) is 5.75 Å². The van der Waals surface area contributed by atoms with Gasteiger partial charge in [0.2, 0.25) is 0 Å². The van der Waals surface area contributed by atoms with E-state index in [9.17, 15) is 4.79 Å². The Morgan fingerprint density at radius 3 is 2.71 bits per heavy atom. The standard InChI is InChI=1S/C14H19ClO2/c1-4-7-17-11-5-6-13(15)12(9-11)14(16)8-10(2)3/h5-6,9-10H,4,7-8H2,1-3H3. The maximum atomic E-state index is 12.0. The maximum Gasteiger partial charge on any atom is 0.164 e. The lowest BCUT2D eigenvalue weighted by Gasteiger charge is -2.09. The molecule has 0 heterocycles. The van der Waals surface area contributed by atoms with Crippen molar-refractivity contribution in [2.24, 2.45) is 5.92 Å². The molecule has 0 unspecified atom stereocenters. The number of halogens is 1. The molecule has 0 amide bonds. The quantitative estimate of drug-likeness (QED) is 0.705. The van der Waals surface area contributed by atoms with E-state index >= 15 is 0 Å². The third-order valence-corrected chi connectivity index (χ3v) is 2.63. The Bertz CT molecular complexity index is 386. The van der Waals surface area contributed by atoms with Gasteiger partial charge in [-0.25, -0.2) is 0 Å². The fourth-order valence-corrected chi connectivity index (χ4v) is 1.73. The molecule has 1 aromatic carbocycles. The zero-order valence-corrected chi connectivity index (χ0v) is 11.4. The Labute approximate surface area is 108 Å². The molecule has 1 aromatic rings. The van der Waals surface area contributed by atoms with Crippen LogP contribution in [0, 0.1) is 5.92 Å². The second-order valence-electron chi connectivity index (χ2n) is 4.51. The van der Waals surface area contributed by atoms with Gasteiger partial charge in [0.15, 0.2) is 5.78 Å². The van der Waals surface area contributed by atoms with E-state index in [-0.39, 0.29) is 5.78 Å². The van der Waals surface area contributed by atoms with Crippen molar-refractivity contribution in [3.63, 3.8) is 0 Å². The highest BCUT2D eigenvalue weighted by Gasteiger charge is 2.13. The minimum absolute atomic E-state index is 0.0759. The van der Waals surface area contributed by atoms with Crippen molar-refractivity contribution in [2.75, 3.05) is 6.61 Å². The summed E-state index contributed by atoms with van der Waals surface area (Å²) in [6.07, 6.45) is 1.45. The summed E-state index contributed by atoms with van der Waals surface area (Å²) in [6.45, 7) is 6.73. The molecule has 0 spiro atoms. The van der Waals surface area contributed by atoms with Crippen LogP contribution in [0.3, 0.4) is 0 Å². The highest BCUT2D eigenvalue weighted by molar-refractivity contribution is 6.34. The average Bonchev–Trinajstić information content (AvgIpc) is 2.27. The second-order valence-corrected chi connectivity index (χ2v) is 4.92. The first-order valence-corrected chi connectivity index (χ1v) is 6.38. The zero-order chi connectivity index (χ0) is 12.8. The van der Waals surface area contributed by atoms with E-state index in [1.807, 2.05) is 20.8 Å². The first-order chi connectivity index (χ1) is 8.04. The molecule has 0 saturated carbocycles. The molecule has 3 heteroatoms. The van der Waals surface area contributed by atoms with Gasteiger partial charge in [-0.15, -0.1) is 0 Å². The van der Waals surface area contributed by atoms with Gasteiger partial charge in [0, 0.05) is 12.0 Å². The Morgan fingerprint density at radius 1 is 1.41 bits per heavy atom. The number of carbonyl (C=O) groups is 1. The van der Waals surface area contributed by atoms with Gasteiger partial charge in [-0.05, 0) is 30.5 Å². The Balaban J connectivity index is 2.86. The molecule has 0 bridgehead atoms. The third kappa shape index (κ3) is 4.39. The Kier molecular flexibility index (Phi) is 5.49. The first-order valence-electron chi connectivity index (χ1n) is 6.00. The van der Waals surface area contributed by atoms with Crippen LogP contribution in [0.25, 0.3) is 0 Å². The summed E-state index contributed by atoms with van der Waals surface area (Å²) < 4.78 is 5.50. The number of ether oxygens (including phenoxy) is 1. The highest BCUT2D eigenvalue weighted by Crippen LogP contribution is 2.24. The maximum absolute atomic E-state index is 12.0. The van der Waals surface area contributed by atoms with Crippen LogP contribution in [0.1, 0.15) is 44.0 Å². The summed E-state index contributed by atoms with van der Waals surface area (Å²) in [4.78, 5) is 12.0. The van der Waals surface area contributed by atoms with Crippen molar-refractivity contribution in [3.8, 4) is 5.75 Å². The molecule has 0 saturated heterocycles. The van der Waals surface area contributed by atoms with Crippen molar-refractivity contribution in [2.45, 2.75) is 33.6 Å². The number of benzene rings is 1. The zero-order valence-electron chi connectivity index (χ0n) is 10.6. The Hall–Kier alpha value is -1.02. The smallest absolute Gasteiger partial charge is 0.164 e. The van der Waals surface area contributed by atoms with E-state index in [4.69, 9.17) is 16.3 Å². The molecule has 17 heavy (non-hydrogen) atoms. The van der Waals surface area contributed by atoms with Crippen LogP contribution in [-0.2, 0) is 0 Å². The van der Waals surface area contributed by atoms with Crippen molar-refractivity contribution in [3.05, 3.63) is 28.8 Å². The molecule has 94 valence electrons. The lowest BCUT2D eigenvalue weighted by Crippen LogP contribution is -2.05. The molecule has 2 nitrogen and oxygen atoms in total. The number of ketones is 1. The minimum atomic E-state index is 0.0759. The van der Waals surface area contributed by atoms with Gasteiger partial charge in [-0.3, -0.25) is 4.79 Å². The average molecular weight is 255 g/mol. The summed E-state index contributed by atoms with van der Waals surface area (Å²) in [6, 6.07) is 5.26. The summed E-state index contributed by atoms with van der Waals surface area (Å²) >= 11 is 6.03. The minimum Gasteiger partial charge on any atom is -0.494 e. The van der Waals surface area contributed by atoms with E-state index in [0.717, 1.165) is 6.42 Å². The first kappa shape index (κ1) is 14.0. The van der Waals surface area contributed by atoms with Gasteiger partial charge in [0.05, 0.1) is 11.6 Å². The molecular weight excluding hydrogens is 236 g/mol. The fourth-order valence-electron chi connectivity index (χ4n) is 1.51. The predicted octanol–water partition coefficient (Wildman–Crippen LogP) is 4.36. The van der Waals surface area contributed by atoms with Crippen molar-refractivity contribution < 1.29 is 9.53 Å². The fraction of sp³-hybridized carbons (Fsp3) is 0.500. The number of hydrogen-bond donors (Lipinski definition) is 0. The summed E-state index contributed by atoms with van der Waals surface area (Å²) in [5, 5.41) is 0.500. The van der Waals surface area contributed by atoms with E-state index in [1.54, 1.807) is 18.2 Å². The Morgan fingerprint density at radius 2 is 2.12 bits per heavy atom. The molecule has 0 aromatic heterocycles. The highest BCUT2D eigenvalue weighted by atomic mass is 35.5. The van der Waals surface area contributed by atoms with Gasteiger partial charge in [-0.2, -0.15) is 0 Å². The van der Waals surface area contributed by atoms with Crippen LogP contribution < -0.4 is 4.74 Å². The van der Waals surface area contributed by atoms with Gasteiger partial charge in [-0.1, -0.05) is 32.4 Å². The normalized spacial score (nSPS) is 10.6. The topological polar surface area (TPSA) is 26.3 Å². The second kappa shape index (κ2) is 6.65. The lowest BCUT2D eigenvalue weighted by molar-refractivity contribution is 0.0967. The summed E-state index contributed by atoms with van der Waals surface area (Å²) in [7, 11) is 0. The van der Waals surface area contributed by atoms with Crippen LogP contribution in [0.2, 0.25) is 5.02 Å². The molecule has 0 N–H and O–H groups in total. The van der Waals surface area contributed by atoms with Gasteiger partial charge >= 0.3 is 0 Å². The van der Waals surface area contributed by atoms with Crippen molar-refractivity contribution >= 4 is 17.4 Å². The van der Waals surface area contributed by atoms with E-state index < -0.39 is 0 Å². The van der Waals surface area contributed by atoms with Crippen molar-refractivity contribution in [1.82, 2.24) is 0 Å². The van der Waals surface area contributed by atoms with Crippen LogP contribution in [0.15, 0.2) is 18.2 Å². The van der Waals surface area contributed by atoms with E-state index in [0.29, 0.717) is 35.3 Å². The summed E-state index contributed by atoms with van der Waals surface area (Å²) in [5.74, 6) is 1.12. The molecule has 0 radical (unpaired) electrons. The van der Waals surface area contributed by atoms with Gasteiger partial charge in [0.25, 0.3) is 0 Å². The number of carbonyl (C=O) groups excluding carboxylic acids is 1. The van der Waals surface area contributed by atoms with E-state index in [1.165, 1.54) is 0 Å². The predicted molar refractivity (Wildman–Crippen MR) is 71.0 cm³/mol. The molecule has 1 rings (SSSR count). The lowest BCUT2D eigenvalue weighted by atomic mass is 10.0. The molecule has 0 aliphatic rings. The molecular formula is C14H19ClO2. The molecule has 0 aliphatic heterocycles. The van der Waals surface area contributed by atoms with Gasteiger partial charge in [0.1, 0.15) is 5.75 Å². The van der Waals surface area contributed by atoms with Crippen LogP contribution in [0.4, 0.5) is 0 Å². The van der Waals surface area contributed by atoms with Crippen LogP contribution in [-0.4, -0.2) is 12.4 Å². The van der Waals surface area contributed by atoms with Gasteiger partial charge < -0.3 is 4.74 Å². The molecule has 0 atom stereocenters. The number of hydrogen-bond acceptors (Lipinski definition) is 2. The largest absolute Gasteiger partial charge is 0.494 e. The molecule has 0 aliphatic carbocycles. The third-order valence-electron chi connectivity index (χ3n) is 2.30. The number of rotatable bonds is 6. The van der Waals surface area contributed by atoms with Crippen LogP contribution >= 0.6 is 11.6 Å². The monoisotopic (exact) mass is 254 g/mol. The van der Waals surface area contributed by atoms with Crippen molar-refractivity contribution in [1.29, 1.82) is 0 Å². The summed E-state index contributed by atoms with van der Waals surface area (Å²) in [5.41, 5.74) is 0.564. The SMILES string of the molecule is CCCOc1ccc(Cl)c(C(=O)CC(C)C)c1.